The quantitative estimate of drug-likeness (QED) is 0.697. The first kappa shape index (κ1) is 17.9. The van der Waals surface area contributed by atoms with Crippen LogP contribution in [-0.4, -0.2) is 11.8 Å². The summed E-state index contributed by atoms with van der Waals surface area (Å²) in [6.45, 7) is 0. The van der Waals surface area contributed by atoms with Gasteiger partial charge in [-0.15, -0.1) is 0 Å². The van der Waals surface area contributed by atoms with Crippen LogP contribution in [0.5, 0.6) is 0 Å². The predicted octanol–water partition coefficient (Wildman–Crippen LogP) is 5.27. The molecule has 4 nitrogen and oxygen atoms in total. The maximum atomic E-state index is 11.9. The first-order chi connectivity index (χ1) is 10.9. The van der Waals surface area contributed by atoms with Crippen molar-refractivity contribution in [3.8, 4) is 0 Å². The van der Waals surface area contributed by atoms with Crippen LogP contribution >= 0.6 is 46.4 Å². The van der Waals surface area contributed by atoms with Crippen LogP contribution in [-0.2, 0) is 9.59 Å². The molecule has 0 unspecified atom stereocenters. The Morgan fingerprint density at radius 3 is 2.22 bits per heavy atom. The highest BCUT2D eigenvalue weighted by Gasteiger charge is 2.13. The van der Waals surface area contributed by atoms with E-state index in [9.17, 15) is 9.59 Å². The molecular formula is C15H10Cl4N2O2. The van der Waals surface area contributed by atoms with Crippen LogP contribution in [0.1, 0.15) is 6.42 Å². The van der Waals surface area contributed by atoms with Crippen molar-refractivity contribution in [2.24, 2.45) is 0 Å². The van der Waals surface area contributed by atoms with E-state index in [2.05, 4.69) is 10.6 Å². The van der Waals surface area contributed by atoms with E-state index in [0.717, 1.165) is 0 Å². The summed E-state index contributed by atoms with van der Waals surface area (Å²) >= 11 is 23.5. The van der Waals surface area contributed by atoms with Crippen LogP contribution < -0.4 is 10.6 Å². The lowest BCUT2D eigenvalue weighted by Crippen LogP contribution is -2.21. The second-order valence-corrected chi connectivity index (χ2v) is 6.10. The molecular weight excluding hydrogens is 382 g/mol. The highest BCUT2D eigenvalue weighted by Crippen LogP contribution is 2.29. The second-order valence-electron chi connectivity index (χ2n) is 4.50. The number of carbonyl (C=O) groups excluding carboxylic acids is 2. The summed E-state index contributed by atoms with van der Waals surface area (Å²) in [7, 11) is 0. The zero-order valence-electron chi connectivity index (χ0n) is 11.5. The van der Waals surface area contributed by atoms with Crippen LogP contribution in [0.15, 0.2) is 36.4 Å². The van der Waals surface area contributed by atoms with E-state index >= 15 is 0 Å². The highest BCUT2D eigenvalue weighted by molar-refractivity contribution is 6.44. The van der Waals surface area contributed by atoms with Crippen molar-refractivity contribution in [3.05, 3.63) is 56.5 Å². The molecule has 120 valence electrons. The van der Waals surface area contributed by atoms with Gasteiger partial charge >= 0.3 is 0 Å². The minimum atomic E-state index is -0.522. The van der Waals surface area contributed by atoms with Gasteiger partial charge in [0.05, 0.1) is 25.8 Å². The van der Waals surface area contributed by atoms with Gasteiger partial charge in [-0.1, -0.05) is 52.5 Å². The number of nitrogens with one attached hydrogen (secondary N) is 2. The van der Waals surface area contributed by atoms with E-state index < -0.39 is 11.8 Å². The standard InChI is InChI=1S/C15H10Cl4N2O2/c16-9-5-4-8(6-11(9)18)20-13(22)7-14(23)21-12-3-1-2-10(17)15(12)19/h1-6H,7H2,(H,20,22)(H,21,23). The van der Waals surface area contributed by atoms with Gasteiger partial charge in [0.25, 0.3) is 0 Å². The van der Waals surface area contributed by atoms with Crippen molar-refractivity contribution in [1.82, 2.24) is 0 Å². The second kappa shape index (κ2) is 7.88. The van der Waals surface area contributed by atoms with E-state index in [1.807, 2.05) is 0 Å². The minimum Gasteiger partial charge on any atom is -0.326 e. The maximum Gasteiger partial charge on any atom is 0.233 e. The molecule has 0 saturated heterocycles. The Hall–Kier alpha value is -1.46. The lowest BCUT2D eigenvalue weighted by Gasteiger charge is -2.09. The Morgan fingerprint density at radius 2 is 1.52 bits per heavy atom. The molecule has 0 aliphatic carbocycles. The predicted molar refractivity (Wildman–Crippen MR) is 94.8 cm³/mol. The van der Waals surface area contributed by atoms with E-state index in [-0.39, 0.29) is 11.4 Å². The summed E-state index contributed by atoms with van der Waals surface area (Å²) in [5.41, 5.74) is 0.782. The van der Waals surface area contributed by atoms with E-state index in [4.69, 9.17) is 46.4 Å². The molecule has 0 bridgehead atoms. The van der Waals surface area contributed by atoms with Crippen LogP contribution in [0, 0.1) is 0 Å². The van der Waals surface area contributed by atoms with E-state index in [1.54, 1.807) is 30.3 Å². The Bertz CT molecular complexity index is 765. The van der Waals surface area contributed by atoms with E-state index in [1.165, 1.54) is 6.07 Å². The Morgan fingerprint density at radius 1 is 0.826 bits per heavy atom. The van der Waals surface area contributed by atoms with Gasteiger partial charge in [0.2, 0.25) is 11.8 Å². The third-order valence-corrected chi connectivity index (χ3v) is 4.31. The van der Waals surface area contributed by atoms with Crippen molar-refractivity contribution in [2.45, 2.75) is 6.42 Å². The monoisotopic (exact) mass is 390 g/mol. The van der Waals surface area contributed by atoms with Gasteiger partial charge in [0, 0.05) is 5.69 Å². The normalized spacial score (nSPS) is 10.3. The fourth-order valence-corrected chi connectivity index (χ4v) is 2.37. The zero-order chi connectivity index (χ0) is 17.0. The van der Waals surface area contributed by atoms with Gasteiger partial charge in [0.15, 0.2) is 0 Å². The number of carbonyl (C=O) groups is 2. The van der Waals surface area contributed by atoms with Crippen molar-refractivity contribution < 1.29 is 9.59 Å². The summed E-state index contributed by atoms with van der Waals surface area (Å²) in [6.07, 6.45) is -0.386. The average molecular weight is 392 g/mol. The molecule has 2 aromatic rings. The van der Waals surface area contributed by atoms with Crippen LogP contribution in [0.4, 0.5) is 11.4 Å². The van der Waals surface area contributed by atoms with Crippen LogP contribution in [0.3, 0.4) is 0 Å². The summed E-state index contributed by atoms with van der Waals surface area (Å²) in [6, 6.07) is 9.44. The first-order valence-electron chi connectivity index (χ1n) is 6.35. The summed E-state index contributed by atoms with van der Waals surface area (Å²) < 4.78 is 0. The van der Waals surface area contributed by atoms with Gasteiger partial charge in [0.1, 0.15) is 6.42 Å². The number of hydrogen-bond acceptors (Lipinski definition) is 2. The topological polar surface area (TPSA) is 58.2 Å². The molecule has 0 heterocycles. The molecule has 0 spiro atoms. The maximum absolute atomic E-state index is 11.9. The number of rotatable bonds is 4. The van der Waals surface area contributed by atoms with Crippen LogP contribution in [0.25, 0.3) is 0 Å². The Balaban J connectivity index is 1.95. The van der Waals surface area contributed by atoms with Gasteiger partial charge in [-0.05, 0) is 30.3 Å². The fraction of sp³-hybridized carbons (Fsp3) is 0.0667. The molecule has 0 atom stereocenters. The molecule has 2 rings (SSSR count). The number of halogens is 4. The number of hydrogen-bond donors (Lipinski definition) is 2. The van der Waals surface area contributed by atoms with Crippen molar-refractivity contribution >= 4 is 69.6 Å². The molecule has 2 aromatic carbocycles. The molecule has 0 aliphatic rings. The van der Waals surface area contributed by atoms with Gasteiger partial charge < -0.3 is 10.6 Å². The molecule has 2 amide bonds. The Kier molecular flexibility index (Phi) is 6.13. The summed E-state index contributed by atoms with van der Waals surface area (Å²) in [5.74, 6) is -1.02. The summed E-state index contributed by atoms with van der Waals surface area (Å²) in [5, 5.41) is 6.28. The number of benzene rings is 2. The SMILES string of the molecule is O=C(CC(=O)Nc1cccc(Cl)c1Cl)Nc1ccc(Cl)c(Cl)c1. The number of amides is 2. The highest BCUT2D eigenvalue weighted by atomic mass is 35.5. The average Bonchev–Trinajstić information content (AvgIpc) is 2.47. The molecule has 0 aromatic heterocycles. The van der Waals surface area contributed by atoms with Crippen molar-refractivity contribution in [1.29, 1.82) is 0 Å². The molecule has 0 aliphatic heterocycles. The Labute approximate surface area is 152 Å². The first-order valence-corrected chi connectivity index (χ1v) is 7.87. The number of anilines is 2. The molecule has 2 N–H and O–H groups in total. The van der Waals surface area contributed by atoms with Gasteiger partial charge in [-0.25, -0.2) is 0 Å². The summed E-state index contributed by atoms with van der Waals surface area (Å²) in [4.78, 5) is 23.7. The molecule has 0 saturated carbocycles. The van der Waals surface area contributed by atoms with Crippen molar-refractivity contribution in [3.63, 3.8) is 0 Å². The fourth-order valence-electron chi connectivity index (χ4n) is 1.72. The van der Waals surface area contributed by atoms with Crippen LogP contribution in [0.2, 0.25) is 20.1 Å². The van der Waals surface area contributed by atoms with Gasteiger partial charge in [-0.3, -0.25) is 9.59 Å². The molecule has 0 fully saturated rings. The molecule has 0 radical (unpaired) electrons. The largest absolute Gasteiger partial charge is 0.326 e. The molecule has 23 heavy (non-hydrogen) atoms. The zero-order valence-corrected chi connectivity index (χ0v) is 14.5. The third kappa shape index (κ3) is 5.01. The lowest BCUT2D eigenvalue weighted by molar-refractivity contribution is -0.123. The van der Waals surface area contributed by atoms with Gasteiger partial charge in [-0.2, -0.15) is 0 Å². The lowest BCUT2D eigenvalue weighted by atomic mass is 10.2. The van der Waals surface area contributed by atoms with Crippen molar-refractivity contribution in [2.75, 3.05) is 10.6 Å². The van der Waals surface area contributed by atoms with E-state index in [0.29, 0.717) is 26.4 Å². The smallest absolute Gasteiger partial charge is 0.233 e. The minimum absolute atomic E-state index is 0.215. The molecule has 8 heteroatoms. The third-order valence-electron chi connectivity index (χ3n) is 2.75.